The van der Waals surface area contributed by atoms with E-state index in [-0.39, 0.29) is 42.4 Å². The van der Waals surface area contributed by atoms with Crippen molar-refractivity contribution >= 4 is 17.8 Å². The summed E-state index contributed by atoms with van der Waals surface area (Å²) < 4.78 is 10.2. The number of rotatable bonds is 10. The smallest absolute Gasteiger partial charge is 0.310 e. The zero-order chi connectivity index (χ0) is 21.1. The van der Waals surface area contributed by atoms with Crippen molar-refractivity contribution in [3.05, 3.63) is 24.3 Å². The second-order valence-electron chi connectivity index (χ2n) is 6.91. The minimum Gasteiger partial charge on any atom is -0.466 e. The minimum atomic E-state index is -0.272. The van der Waals surface area contributed by atoms with E-state index in [0.29, 0.717) is 39.3 Å². The summed E-state index contributed by atoms with van der Waals surface area (Å²) in [6.45, 7) is 4.36. The Morgan fingerprint density at radius 2 is 2.10 bits per heavy atom. The Hall–Kier alpha value is -2.55. The SMILES string of the molecule is CCOC(=O)C1CCCN(C(=O)CCN(CCCOC)C(=O)c2cnccn2)C1. The molecule has 0 aliphatic carbocycles. The monoisotopic (exact) mass is 406 g/mol. The summed E-state index contributed by atoms with van der Waals surface area (Å²) in [7, 11) is 1.61. The number of nitrogens with zero attached hydrogens (tertiary/aromatic N) is 4. The maximum absolute atomic E-state index is 12.7. The largest absolute Gasteiger partial charge is 0.466 e. The van der Waals surface area contributed by atoms with E-state index in [1.54, 1.807) is 23.8 Å². The van der Waals surface area contributed by atoms with Crippen LogP contribution < -0.4 is 0 Å². The Labute approximate surface area is 171 Å². The highest BCUT2D eigenvalue weighted by molar-refractivity contribution is 5.92. The van der Waals surface area contributed by atoms with Crippen LogP contribution in [0.4, 0.5) is 0 Å². The van der Waals surface area contributed by atoms with Crippen LogP contribution in [0, 0.1) is 5.92 Å². The third kappa shape index (κ3) is 7.08. The molecule has 1 aliphatic rings. The second-order valence-corrected chi connectivity index (χ2v) is 6.91. The first-order chi connectivity index (χ1) is 14.1. The lowest BCUT2D eigenvalue weighted by Crippen LogP contribution is -2.44. The van der Waals surface area contributed by atoms with Crippen LogP contribution in [-0.4, -0.2) is 84.1 Å². The van der Waals surface area contributed by atoms with Gasteiger partial charge >= 0.3 is 5.97 Å². The van der Waals surface area contributed by atoms with Crippen LogP contribution in [0.3, 0.4) is 0 Å². The number of carbonyl (C=O) groups is 3. The molecule has 1 atom stereocenters. The molecule has 1 fully saturated rings. The predicted molar refractivity (Wildman–Crippen MR) is 105 cm³/mol. The van der Waals surface area contributed by atoms with Crippen LogP contribution in [0.25, 0.3) is 0 Å². The number of methoxy groups -OCH3 is 1. The highest BCUT2D eigenvalue weighted by Gasteiger charge is 2.29. The van der Waals surface area contributed by atoms with Crippen LogP contribution in [0.5, 0.6) is 0 Å². The lowest BCUT2D eigenvalue weighted by molar-refractivity contribution is -0.151. The van der Waals surface area contributed by atoms with Crippen molar-refractivity contribution in [3.8, 4) is 0 Å². The van der Waals surface area contributed by atoms with Crippen molar-refractivity contribution in [2.75, 3.05) is 46.5 Å². The lowest BCUT2D eigenvalue weighted by Gasteiger charge is -2.32. The third-order valence-electron chi connectivity index (χ3n) is 4.84. The van der Waals surface area contributed by atoms with Gasteiger partial charge in [0.15, 0.2) is 0 Å². The third-order valence-corrected chi connectivity index (χ3v) is 4.84. The Morgan fingerprint density at radius 1 is 1.28 bits per heavy atom. The fourth-order valence-electron chi connectivity index (χ4n) is 3.33. The standard InChI is InChI=1S/C20H30N4O5/c1-3-29-20(27)16-6-4-10-24(15-16)18(25)7-12-23(11-5-13-28-2)19(26)17-14-21-8-9-22-17/h8-9,14,16H,3-7,10-13,15H2,1-2H3. The number of ether oxygens (including phenoxy) is 2. The van der Waals surface area contributed by atoms with Gasteiger partial charge in [0, 0.05) is 58.7 Å². The van der Waals surface area contributed by atoms with Crippen LogP contribution in [0.2, 0.25) is 0 Å². The zero-order valence-electron chi connectivity index (χ0n) is 17.2. The molecule has 2 heterocycles. The number of carbonyl (C=O) groups excluding carboxylic acids is 3. The molecule has 0 spiro atoms. The molecule has 9 nitrogen and oxygen atoms in total. The fourth-order valence-corrected chi connectivity index (χ4v) is 3.33. The minimum absolute atomic E-state index is 0.0670. The highest BCUT2D eigenvalue weighted by Crippen LogP contribution is 2.19. The second kappa shape index (κ2) is 12.1. The quantitative estimate of drug-likeness (QED) is 0.424. The molecule has 1 saturated heterocycles. The molecule has 1 unspecified atom stereocenters. The molecule has 0 saturated carbocycles. The van der Waals surface area contributed by atoms with Gasteiger partial charge in [0.1, 0.15) is 5.69 Å². The van der Waals surface area contributed by atoms with Crippen LogP contribution in [0.15, 0.2) is 18.6 Å². The maximum Gasteiger partial charge on any atom is 0.310 e. The van der Waals surface area contributed by atoms with Crippen molar-refractivity contribution in [2.24, 2.45) is 5.92 Å². The Balaban J connectivity index is 1.93. The van der Waals surface area contributed by atoms with Gasteiger partial charge in [-0.1, -0.05) is 0 Å². The number of aromatic nitrogens is 2. The normalized spacial score (nSPS) is 16.3. The van der Waals surface area contributed by atoms with E-state index in [2.05, 4.69) is 9.97 Å². The first-order valence-corrected chi connectivity index (χ1v) is 10.1. The number of amides is 2. The number of hydrogen-bond acceptors (Lipinski definition) is 7. The molecule has 2 amide bonds. The van der Waals surface area contributed by atoms with E-state index in [1.165, 1.54) is 18.6 Å². The van der Waals surface area contributed by atoms with Gasteiger partial charge in [-0.3, -0.25) is 19.4 Å². The van der Waals surface area contributed by atoms with Gasteiger partial charge in [-0.2, -0.15) is 0 Å². The van der Waals surface area contributed by atoms with Crippen molar-refractivity contribution in [1.82, 2.24) is 19.8 Å². The van der Waals surface area contributed by atoms with E-state index in [1.807, 2.05) is 0 Å². The Bertz CT molecular complexity index is 670. The van der Waals surface area contributed by atoms with Crippen LogP contribution in [-0.2, 0) is 19.1 Å². The van der Waals surface area contributed by atoms with Gasteiger partial charge in [0.05, 0.1) is 18.7 Å². The predicted octanol–water partition coefficient (Wildman–Crippen LogP) is 1.15. The van der Waals surface area contributed by atoms with Crippen molar-refractivity contribution < 1.29 is 23.9 Å². The fraction of sp³-hybridized carbons (Fsp3) is 0.650. The first-order valence-electron chi connectivity index (χ1n) is 10.1. The zero-order valence-corrected chi connectivity index (χ0v) is 17.2. The van der Waals surface area contributed by atoms with E-state index in [4.69, 9.17) is 9.47 Å². The average Bonchev–Trinajstić information content (AvgIpc) is 2.76. The molecule has 1 aliphatic heterocycles. The molecular formula is C20H30N4O5. The number of likely N-dealkylation sites (tertiary alicyclic amines) is 1. The van der Waals surface area contributed by atoms with Gasteiger partial charge < -0.3 is 19.3 Å². The Kier molecular flexibility index (Phi) is 9.49. The molecule has 0 N–H and O–H groups in total. The lowest BCUT2D eigenvalue weighted by atomic mass is 9.98. The summed E-state index contributed by atoms with van der Waals surface area (Å²) in [5.74, 6) is -0.844. The first kappa shape index (κ1) is 22.7. The molecule has 160 valence electrons. The molecule has 1 aromatic heterocycles. The van der Waals surface area contributed by atoms with E-state index in [0.717, 1.165) is 12.8 Å². The molecule has 9 heteroatoms. The van der Waals surface area contributed by atoms with E-state index in [9.17, 15) is 14.4 Å². The molecular weight excluding hydrogens is 376 g/mol. The molecule has 2 rings (SSSR count). The summed E-state index contributed by atoms with van der Waals surface area (Å²) in [5, 5.41) is 0. The highest BCUT2D eigenvalue weighted by atomic mass is 16.5. The molecule has 0 bridgehead atoms. The summed E-state index contributed by atoms with van der Waals surface area (Å²) >= 11 is 0. The summed E-state index contributed by atoms with van der Waals surface area (Å²) in [4.78, 5) is 48.7. The number of hydrogen-bond donors (Lipinski definition) is 0. The summed E-state index contributed by atoms with van der Waals surface area (Å²) in [6, 6.07) is 0. The molecule has 0 aromatic carbocycles. The molecule has 0 radical (unpaired) electrons. The molecule has 1 aromatic rings. The van der Waals surface area contributed by atoms with Crippen molar-refractivity contribution in [3.63, 3.8) is 0 Å². The van der Waals surface area contributed by atoms with Crippen LogP contribution in [0.1, 0.15) is 43.1 Å². The summed E-state index contributed by atoms with van der Waals surface area (Å²) in [6.07, 6.45) is 6.74. The van der Waals surface area contributed by atoms with E-state index >= 15 is 0 Å². The number of piperidine rings is 1. The van der Waals surface area contributed by atoms with Crippen molar-refractivity contribution in [1.29, 1.82) is 0 Å². The summed E-state index contributed by atoms with van der Waals surface area (Å²) in [5.41, 5.74) is 0.248. The van der Waals surface area contributed by atoms with Gasteiger partial charge in [-0.15, -0.1) is 0 Å². The van der Waals surface area contributed by atoms with Crippen molar-refractivity contribution in [2.45, 2.75) is 32.6 Å². The van der Waals surface area contributed by atoms with Gasteiger partial charge in [0.2, 0.25) is 5.91 Å². The van der Waals surface area contributed by atoms with Gasteiger partial charge in [0.25, 0.3) is 5.91 Å². The topological polar surface area (TPSA) is 102 Å². The van der Waals surface area contributed by atoms with Gasteiger partial charge in [-0.25, -0.2) is 4.98 Å². The average molecular weight is 406 g/mol. The Morgan fingerprint density at radius 3 is 2.79 bits per heavy atom. The van der Waals surface area contributed by atoms with E-state index < -0.39 is 0 Å². The van der Waals surface area contributed by atoms with Gasteiger partial charge in [-0.05, 0) is 26.2 Å². The maximum atomic E-state index is 12.7. The molecule has 29 heavy (non-hydrogen) atoms. The number of esters is 1. The van der Waals surface area contributed by atoms with Crippen LogP contribution >= 0.6 is 0 Å².